The molecule has 0 aliphatic rings. The topological polar surface area (TPSA) is 46.2 Å². The van der Waals surface area contributed by atoms with Crippen molar-refractivity contribution in [3.05, 3.63) is 29.3 Å². The third-order valence-corrected chi connectivity index (χ3v) is 4.69. The smallest absolute Gasteiger partial charge is 0.325 e. The number of carbonyl (C=O) groups is 2. The van der Waals surface area contributed by atoms with E-state index in [0.717, 1.165) is 18.2 Å². The molecule has 0 heterocycles. The molecule has 1 amide bonds. The molecule has 0 saturated carbocycles. The maximum atomic E-state index is 12.6. The maximum absolute atomic E-state index is 12.6. The Balaban J connectivity index is 0.00000108. The van der Waals surface area contributed by atoms with Gasteiger partial charge in [-0.1, -0.05) is 20.8 Å². The molecular formula is C13H14F3NO2S4. The number of nitrogens with one attached hydrogen (secondary N) is 1. The molecule has 0 fully saturated rings. The van der Waals surface area contributed by atoms with E-state index >= 15 is 0 Å². The summed E-state index contributed by atoms with van der Waals surface area (Å²) in [5.41, 5.74) is -1.81. The molecule has 0 bridgehead atoms. The lowest BCUT2D eigenvalue weighted by molar-refractivity contribution is -0.137. The molecule has 23 heavy (non-hydrogen) atoms. The largest absolute Gasteiger partial charge is 0.416 e. The van der Waals surface area contributed by atoms with Crippen LogP contribution in [-0.4, -0.2) is 12.2 Å². The van der Waals surface area contributed by atoms with Crippen LogP contribution in [0.1, 0.15) is 36.7 Å². The lowest BCUT2D eigenvalue weighted by atomic mass is 9.95. The van der Waals surface area contributed by atoms with Gasteiger partial charge in [0.25, 0.3) is 0 Å². The Morgan fingerprint density at radius 2 is 1.70 bits per heavy atom. The number of carbonyl (C=O) groups excluding carboxylic acids is 2. The molecule has 0 unspecified atom stereocenters. The quantitative estimate of drug-likeness (QED) is 0.771. The van der Waals surface area contributed by atoms with Gasteiger partial charge in [0.15, 0.2) is 6.29 Å². The number of amides is 1. The Hall–Kier alpha value is -0.970. The Bertz CT molecular complexity index is 648. The van der Waals surface area contributed by atoms with Crippen molar-refractivity contribution in [1.82, 2.24) is 0 Å². The minimum Gasteiger partial charge on any atom is -0.325 e. The van der Waals surface area contributed by atoms with Crippen molar-refractivity contribution in [2.75, 3.05) is 5.32 Å². The molecular weight excluding hydrogens is 387 g/mol. The van der Waals surface area contributed by atoms with E-state index < -0.39 is 23.1 Å². The van der Waals surface area contributed by atoms with E-state index in [1.165, 1.54) is 17.8 Å². The predicted molar refractivity (Wildman–Crippen MR) is 94.4 cm³/mol. The highest BCUT2D eigenvalue weighted by Crippen LogP contribution is 2.32. The minimum absolute atomic E-state index is 0.00519. The van der Waals surface area contributed by atoms with E-state index in [4.69, 9.17) is 0 Å². The molecule has 1 aromatic rings. The van der Waals surface area contributed by atoms with Crippen LogP contribution in [0.15, 0.2) is 18.2 Å². The average Bonchev–Trinajstić information content (AvgIpc) is 2.45. The van der Waals surface area contributed by atoms with Crippen LogP contribution >= 0.6 is 0 Å². The number of anilines is 1. The number of rotatable bonds is 2. The summed E-state index contributed by atoms with van der Waals surface area (Å²) in [6.07, 6.45) is -4.12. The van der Waals surface area contributed by atoms with E-state index in [2.05, 4.69) is 27.7 Å². The first-order valence-corrected chi connectivity index (χ1v) is 10.0. The average molecular weight is 402 g/mol. The van der Waals surface area contributed by atoms with Crippen LogP contribution < -0.4 is 5.32 Å². The second-order valence-corrected chi connectivity index (χ2v) is 8.80. The van der Waals surface area contributed by atoms with Gasteiger partial charge >= 0.3 is 6.18 Å². The van der Waals surface area contributed by atoms with Crippen molar-refractivity contribution < 1.29 is 22.8 Å². The lowest BCUT2D eigenvalue weighted by Gasteiger charge is -2.19. The second-order valence-electron chi connectivity index (χ2n) is 5.26. The van der Waals surface area contributed by atoms with Gasteiger partial charge < -0.3 is 5.32 Å². The highest BCUT2D eigenvalue weighted by Gasteiger charge is 2.31. The first-order valence-electron chi connectivity index (χ1n) is 6.03. The third kappa shape index (κ3) is 7.91. The molecule has 1 aromatic carbocycles. The van der Waals surface area contributed by atoms with Crippen molar-refractivity contribution in [3.63, 3.8) is 0 Å². The molecule has 10 heteroatoms. The van der Waals surface area contributed by atoms with E-state index in [9.17, 15) is 22.8 Å². The Labute approximate surface area is 147 Å². The van der Waals surface area contributed by atoms with Crippen molar-refractivity contribution >= 4 is 58.0 Å². The summed E-state index contributed by atoms with van der Waals surface area (Å²) in [6, 6.07) is 2.60. The van der Waals surface area contributed by atoms with Gasteiger partial charge in [0.2, 0.25) is 5.91 Å². The summed E-state index contributed by atoms with van der Waals surface area (Å²) in [5, 5.41) is 2.34. The fraction of sp³-hybridized carbons (Fsp3) is 0.385. The number of aldehydes is 1. The number of alkyl halides is 3. The van der Waals surface area contributed by atoms with E-state index in [1.807, 2.05) is 0 Å². The summed E-state index contributed by atoms with van der Waals surface area (Å²) < 4.78 is 37.7. The highest BCUT2D eigenvalue weighted by atomic mass is 33.2. The van der Waals surface area contributed by atoms with Crippen LogP contribution in [0.25, 0.3) is 0 Å². The van der Waals surface area contributed by atoms with Gasteiger partial charge in [0.05, 0.1) is 11.3 Å². The molecule has 1 rings (SSSR count). The van der Waals surface area contributed by atoms with Gasteiger partial charge in [-0.15, -0.1) is 0 Å². The van der Waals surface area contributed by atoms with Crippen molar-refractivity contribution in [1.29, 1.82) is 0 Å². The summed E-state index contributed by atoms with van der Waals surface area (Å²) in [4.78, 5) is 22.5. The fourth-order valence-electron chi connectivity index (χ4n) is 1.25. The van der Waals surface area contributed by atoms with Crippen molar-refractivity contribution in [2.24, 2.45) is 5.41 Å². The van der Waals surface area contributed by atoms with Crippen LogP contribution in [-0.2, 0) is 51.1 Å². The first-order chi connectivity index (χ1) is 10.5. The summed E-state index contributed by atoms with van der Waals surface area (Å²) >= 11 is 8.66. The molecule has 0 aliphatic carbocycles. The maximum Gasteiger partial charge on any atom is 0.416 e. The molecule has 0 atom stereocenters. The SMILES string of the molecule is CC(C)(C)C(=O)Nc1cc(C(F)(F)F)ccc1C=O.S=S=S=S. The molecule has 0 saturated heterocycles. The molecule has 128 valence electrons. The van der Waals surface area contributed by atoms with Crippen LogP contribution in [0.4, 0.5) is 18.9 Å². The molecule has 0 spiro atoms. The van der Waals surface area contributed by atoms with Gasteiger partial charge in [0.1, 0.15) is 0 Å². The first kappa shape index (κ1) is 22.0. The Kier molecular flexibility index (Phi) is 8.96. The Morgan fingerprint density at radius 3 is 2.04 bits per heavy atom. The zero-order valence-electron chi connectivity index (χ0n) is 12.4. The molecule has 0 radical (unpaired) electrons. The summed E-state index contributed by atoms with van der Waals surface area (Å²) in [5.74, 6) is -0.463. The van der Waals surface area contributed by atoms with E-state index in [1.54, 1.807) is 20.8 Å². The van der Waals surface area contributed by atoms with Crippen molar-refractivity contribution in [2.45, 2.75) is 26.9 Å². The number of hydrogen-bond donors (Lipinski definition) is 1. The van der Waals surface area contributed by atoms with Crippen molar-refractivity contribution in [3.8, 4) is 0 Å². The molecule has 3 nitrogen and oxygen atoms in total. The molecule has 0 aliphatic heterocycles. The number of halogens is 3. The predicted octanol–water partition coefficient (Wildman–Crippen LogP) is 3.49. The third-order valence-electron chi connectivity index (χ3n) is 2.46. The Morgan fingerprint density at radius 1 is 1.17 bits per heavy atom. The normalized spacial score (nSPS) is 10.9. The van der Waals surface area contributed by atoms with Gasteiger partial charge in [0, 0.05) is 51.1 Å². The van der Waals surface area contributed by atoms with E-state index in [-0.39, 0.29) is 11.3 Å². The lowest BCUT2D eigenvalue weighted by Crippen LogP contribution is -2.28. The van der Waals surface area contributed by atoms with E-state index in [0.29, 0.717) is 6.29 Å². The molecule has 0 aromatic heterocycles. The summed E-state index contributed by atoms with van der Waals surface area (Å²) in [7, 11) is 2.34. The van der Waals surface area contributed by atoms with Gasteiger partial charge in [-0.3, -0.25) is 9.59 Å². The zero-order valence-corrected chi connectivity index (χ0v) is 15.7. The highest BCUT2D eigenvalue weighted by molar-refractivity contribution is 8.51. The van der Waals surface area contributed by atoms with Gasteiger partial charge in [-0.05, 0) is 18.2 Å². The minimum atomic E-state index is -4.53. The zero-order chi connectivity index (χ0) is 18.3. The van der Waals surface area contributed by atoms with Crippen LogP contribution in [0, 0.1) is 5.41 Å². The number of hydrogen-bond acceptors (Lipinski definition) is 4. The second kappa shape index (κ2) is 9.36. The van der Waals surface area contributed by atoms with Gasteiger partial charge in [-0.2, -0.15) is 13.2 Å². The van der Waals surface area contributed by atoms with Crippen LogP contribution in [0.2, 0.25) is 0 Å². The molecule has 1 N–H and O–H groups in total. The number of benzene rings is 1. The van der Waals surface area contributed by atoms with Crippen LogP contribution in [0.3, 0.4) is 0 Å². The van der Waals surface area contributed by atoms with Crippen LogP contribution in [0.5, 0.6) is 0 Å². The van der Waals surface area contributed by atoms with Gasteiger partial charge in [-0.25, -0.2) is 0 Å². The standard InChI is InChI=1S/C13H14F3NO2.S4/c1-12(2,3)11(19)17-10-6-9(13(14,15)16)5-4-8(10)7-18;1-3-4-2/h4-7H,1-3H3,(H,17,19);. The monoisotopic (exact) mass is 401 g/mol. The fourth-order valence-corrected chi connectivity index (χ4v) is 1.25. The summed E-state index contributed by atoms with van der Waals surface area (Å²) in [6.45, 7) is 4.86.